The molecule has 2 aliphatic rings. The summed E-state index contributed by atoms with van der Waals surface area (Å²) in [5, 5.41) is 0.127. The summed E-state index contributed by atoms with van der Waals surface area (Å²) in [6.07, 6.45) is 0. The minimum Gasteiger partial charge on any atom is -0.246 e. The zero-order valence-corrected chi connectivity index (χ0v) is 20.1. The number of alkyl halides is 6. The van der Waals surface area contributed by atoms with E-state index in [1.807, 2.05) is 0 Å². The Hall–Kier alpha value is 2.17. The summed E-state index contributed by atoms with van der Waals surface area (Å²) >= 11 is 69.7. The van der Waals surface area contributed by atoms with E-state index in [0.29, 0.717) is 4.90 Å². The van der Waals surface area contributed by atoms with Crippen molar-refractivity contribution in [2.75, 3.05) is 0 Å². The van der Waals surface area contributed by atoms with Crippen molar-refractivity contribution in [3.8, 4) is 0 Å². The normalized spacial score (nSPS) is 23.1. The molecule has 1 aromatic rings. The maximum absolute atomic E-state index is 6.38. The minimum absolute atomic E-state index is 0.0108. The van der Waals surface area contributed by atoms with E-state index in [1.54, 1.807) is 0 Å². The second-order valence-electron chi connectivity index (χ2n) is 4.86. The molecule has 1 aliphatic carbocycles. The Morgan fingerprint density at radius 2 is 1.20 bits per heavy atom. The van der Waals surface area contributed by atoms with E-state index in [0.717, 1.165) is 11.8 Å². The van der Waals surface area contributed by atoms with Gasteiger partial charge in [-0.05, 0) is 0 Å². The number of rotatable bonds is 0. The van der Waals surface area contributed by atoms with Crippen LogP contribution in [0.3, 0.4) is 0 Å². The van der Waals surface area contributed by atoms with Gasteiger partial charge in [-0.2, -0.15) is 0 Å². The number of hydrogen-bond donors (Lipinski definition) is 0. The molecule has 0 bridgehead atoms. The molecule has 1 aliphatic heterocycles. The molecular weight excluding hydrogens is 580 g/mol. The quantitative estimate of drug-likeness (QED) is 0.169. The lowest BCUT2D eigenvalue weighted by molar-refractivity contribution is 0.721. The van der Waals surface area contributed by atoms with Gasteiger partial charge in [-0.15, -0.1) is 0 Å². The lowest BCUT2D eigenvalue weighted by Gasteiger charge is -2.46. The van der Waals surface area contributed by atoms with Crippen LogP contribution in [0.1, 0.15) is 0 Å². The first-order valence-electron chi connectivity index (χ1n) is 5.93. The van der Waals surface area contributed by atoms with Crippen molar-refractivity contribution in [3.05, 3.63) is 30.0 Å². The fourth-order valence-corrected chi connectivity index (χ4v) is 6.64. The third kappa shape index (κ3) is 2.94. The van der Waals surface area contributed by atoms with E-state index in [1.165, 1.54) is 0 Å². The van der Waals surface area contributed by atoms with Gasteiger partial charge in [0, 0.05) is 0 Å². The molecule has 3 rings (SSSR count). The highest BCUT2D eigenvalue weighted by molar-refractivity contribution is 8.04. The molecule has 0 saturated heterocycles. The van der Waals surface area contributed by atoms with Gasteiger partial charge in [0.15, 0.2) is 13.0 Å². The van der Waals surface area contributed by atoms with Gasteiger partial charge in [-0.25, -0.2) is 4.99 Å². The average Bonchev–Trinajstić information content (AvgIpc) is 2.54. The van der Waals surface area contributed by atoms with E-state index >= 15 is 0 Å². The Labute approximate surface area is 201 Å². The van der Waals surface area contributed by atoms with Crippen molar-refractivity contribution in [3.63, 3.8) is 0 Å². The number of hydrogen-bond acceptors (Lipinski definition) is 2. The Balaban J connectivity index is 2.42. The summed E-state index contributed by atoms with van der Waals surface area (Å²) in [7, 11) is 0. The molecule has 25 heavy (non-hydrogen) atoms. The number of nitrogens with zero attached hydrogens (tertiary/aromatic N) is 1. The molecule has 0 radical (unpaired) electrons. The molecule has 0 amide bonds. The lowest BCUT2D eigenvalue weighted by atomic mass is 10.0. The van der Waals surface area contributed by atoms with Crippen molar-refractivity contribution >= 4 is 151 Å². The van der Waals surface area contributed by atoms with Crippen LogP contribution in [0.25, 0.3) is 0 Å². The first kappa shape index (κ1) is 21.9. The molecule has 0 unspecified atom stereocenters. The summed E-state index contributed by atoms with van der Waals surface area (Å²) < 4.78 is -6.18. The molecule has 1 aromatic carbocycles. The summed E-state index contributed by atoms with van der Waals surface area (Å²) in [5.74, 6) is 0. The molecule has 0 atom stereocenters. The van der Waals surface area contributed by atoms with Gasteiger partial charge in [0.05, 0.1) is 46.3 Å². The standard InChI is InChI=1S/C12Cl11NS/c13-1-2(14)4(16)6-5(3(1)15)24-9-7(25-6)8(17)10(18,19)12(22,23)11(9,20)21. The van der Waals surface area contributed by atoms with Crippen LogP contribution >= 0.6 is 139 Å². The summed E-state index contributed by atoms with van der Waals surface area (Å²) in [4.78, 5) is 4.95. The van der Waals surface area contributed by atoms with Gasteiger partial charge >= 0.3 is 0 Å². The summed E-state index contributed by atoms with van der Waals surface area (Å²) in [5.41, 5.74) is 0.206. The van der Waals surface area contributed by atoms with Crippen LogP contribution in [-0.4, -0.2) is 18.7 Å². The van der Waals surface area contributed by atoms with Gasteiger partial charge in [0.25, 0.3) is 0 Å². The van der Waals surface area contributed by atoms with Crippen molar-refractivity contribution in [1.29, 1.82) is 0 Å². The highest BCUT2D eigenvalue weighted by Crippen LogP contribution is 2.67. The fraction of sp³-hybridized carbons (Fsp3) is 0.250. The van der Waals surface area contributed by atoms with E-state index in [9.17, 15) is 0 Å². The fourth-order valence-electron chi connectivity index (χ4n) is 2.09. The van der Waals surface area contributed by atoms with Crippen molar-refractivity contribution < 1.29 is 0 Å². The second-order valence-corrected chi connectivity index (χ2v) is 11.8. The highest BCUT2D eigenvalue weighted by Gasteiger charge is 2.68. The van der Waals surface area contributed by atoms with Gasteiger partial charge in [-0.1, -0.05) is 139 Å². The smallest absolute Gasteiger partial charge is 0.196 e. The third-order valence-electron chi connectivity index (χ3n) is 3.40. The first-order valence-corrected chi connectivity index (χ1v) is 10.9. The molecule has 1 nitrogen and oxygen atoms in total. The van der Waals surface area contributed by atoms with Crippen LogP contribution in [0.2, 0.25) is 20.1 Å². The average molecular weight is 580 g/mol. The van der Waals surface area contributed by atoms with E-state index < -0.39 is 13.0 Å². The molecule has 0 fully saturated rings. The maximum atomic E-state index is 6.38. The molecule has 0 N–H and O–H groups in total. The predicted octanol–water partition coefficient (Wildman–Crippen LogP) is 9.46. The molecule has 1 heterocycles. The Bertz CT molecular complexity index is 871. The Kier molecular flexibility index (Phi) is 6.00. The summed E-state index contributed by atoms with van der Waals surface area (Å²) in [6, 6.07) is 0. The van der Waals surface area contributed by atoms with Crippen LogP contribution in [0.4, 0.5) is 5.69 Å². The number of allylic oxidation sites excluding steroid dienone is 2. The van der Waals surface area contributed by atoms with Crippen LogP contribution in [0, 0.1) is 0 Å². The monoisotopic (exact) mass is 575 g/mol. The van der Waals surface area contributed by atoms with Gasteiger partial charge in [0.1, 0.15) is 0 Å². The minimum atomic E-state index is -2.13. The number of aliphatic imine (C=N–C) groups is 1. The third-order valence-corrected chi connectivity index (χ3v) is 11.1. The molecule has 136 valence electrons. The molecular formula is C12Cl11NS. The van der Waals surface area contributed by atoms with Gasteiger partial charge in [0.2, 0.25) is 0 Å². The van der Waals surface area contributed by atoms with E-state index in [2.05, 4.69) is 4.99 Å². The SMILES string of the molecule is ClC1=C2Sc3c(Cl)c(Cl)c(Cl)c(Cl)c3N=C2C(Cl)(Cl)C(Cl)(Cl)C1(Cl)Cl. The number of thioether (sulfide) groups is 1. The topological polar surface area (TPSA) is 12.4 Å². The Morgan fingerprint density at radius 3 is 1.76 bits per heavy atom. The molecule has 0 spiro atoms. The summed E-state index contributed by atoms with van der Waals surface area (Å²) in [6.45, 7) is 0. The number of halogens is 11. The highest BCUT2D eigenvalue weighted by atomic mass is 35.5. The zero-order valence-electron chi connectivity index (χ0n) is 11.0. The van der Waals surface area contributed by atoms with E-state index in [-0.39, 0.29) is 41.4 Å². The zero-order chi connectivity index (χ0) is 19.1. The molecule has 0 aromatic heterocycles. The second kappa shape index (κ2) is 6.86. The van der Waals surface area contributed by atoms with Crippen molar-refractivity contribution in [2.24, 2.45) is 4.99 Å². The van der Waals surface area contributed by atoms with Crippen LogP contribution in [0.15, 0.2) is 19.8 Å². The first-order chi connectivity index (χ1) is 11.3. The van der Waals surface area contributed by atoms with E-state index in [4.69, 9.17) is 128 Å². The van der Waals surface area contributed by atoms with Crippen LogP contribution in [-0.2, 0) is 0 Å². The van der Waals surface area contributed by atoms with Crippen molar-refractivity contribution in [1.82, 2.24) is 0 Å². The largest absolute Gasteiger partial charge is 0.246 e. The van der Waals surface area contributed by atoms with Gasteiger partial charge in [-0.3, -0.25) is 0 Å². The molecule has 13 heteroatoms. The predicted molar refractivity (Wildman–Crippen MR) is 116 cm³/mol. The maximum Gasteiger partial charge on any atom is 0.196 e. The number of fused-ring (bicyclic) bond motifs is 2. The van der Waals surface area contributed by atoms with Crippen molar-refractivity contribution in [2.45, 2.75) is 17.9 Å². The number of benzene rings is 1. The van der Waals surface area contributed by atoms with Crippen LogP contribution in [0.5, 0.6) is 0 Å². The van der Waals surface area contributed by atoms with Crippen LogP contribution < -0.4 is 0 Å². The Morgan fingerprint density at radius 1 is 0.680 bits per heavy atom. The lowest BCUT2D eigenvalue weighted by Crippen LogP contribution is -2.58. The van der Waals surface area contributed by atoms with Gasteiger partial charge < -0.3 is 0 Å². The molecule has 0 saturated carbocycles.